The zero-order valence-corrected chi connectivity index (χ0v) is 9.25. The third-order valence-electron chi connectivity index (χ3n) is 1.58. The Balaban J connectivity index is 3.59. The highest BCUT2D eigenvalue weighted by atomic mass is 16.7. The molecule has 0 aromatic carbocycles. The normalized spacial score (nSPS) is 12.5. The second kappa shape index (κ2) is 8.97. The molecule has 0 aliphatic rings. The third-order valence-corrected chi connectivity index (χ3v) is 1.58. The second-order valence-corrected chi connectivity index (χ2v) is 2.91. The molecule has 1 atom stereocenters. The average molecular weight is 204 g/mol. The lowest BCUT2D eigenvalue weighted by atomic mass is 10.4. The maximum atomic E-state index is 10.5. The van der Waals surface area contributed by atoms with Gasteiger partial charge < -0.3 is 14.2 Å². The molecule has 0 rings (SSSR count). The number of unbranched alkanes of at least 4 members (excludes halogenated alkanes) is 1. The summed E-state index contributed by atoms with van der Waals surface area (Å²) in [5, 5.41) is 0. The number of hydrogen-bond donors (Lipinski definition) is 0. The minimum Gasteiger partial charge on any atom is -0.460 e. The van der Waals surface area contributed by atoms with Crippen molar-refractivity contribution in [2.45, 2.75) is 39.9 Å². The highest BCUT2D eigenvalue weighted by Crippen LogP contribution is 1.99. The van der Waals surface area contributed by atoms with Gasteiger partial charge in [0.15, 0.2) is 6.29 Å². The van der Waals surface area contributed by atoms with Crippen LogP contribution in [0.1, 0.15) is 33.6 Å². The minimum atomic E-state index is -0.421. The van der Waals surface area contributed by atoms with E-state index in [9.17, 15) is 4.79 Å². The Morgan fingerprint density at radius 3 is 2.50 bits per heavy atom. The molecule has 1 unspecified atom stereocenters. The Labute approximate surface area is 85.5 Å². The summed E-state index contributed by atoms with van der Waals surface area (Å²) in [5.41, 5.74) is 0. The van der Waals surface area contributed by atoms with Gasteiger partial charge in [0.25, 0.3) is 0 Å². The van der Waals surface area contributed by atoms with Crippen LogP contribution in [0.3, 0.4) is 0 Å². The Hall–Kier alpha value is -0.610. The fourth-order valence-electron chi connectivity index (χ4n) is 0.875. The SMILES string of the molecule is CCCCOC(COC(C)=O)OCC. The van der Waals surface area contributed by atoms with Crippen molar-refractivity contribution in [1.82, 2.24) is 0 Å². The maximum Gasteiger partial charge on any atom is 0.302 e. The molecular formula is C10H20O4. The quantitative estimate of drug-likeness (QED) is 0.343. The van der Waals surface area contributed by atoms with E-state index in [-0.39, 0.29) is 12.6 Å². The van der Waals surface area contributed by atoms with Crippen LogP contribution in [0.25, 0.3) is 0 Å². The number of ether oxygens (including phenoxy) is 3. The predicted molar refractivity (Wildman–Crippen MR) is 52.9 cm³/mol. The summed E-state index contributed by atoms with van der Waals surface area (Å²) in [6, 6.07) is 0. The summed E-state index contributed by atoms with van der Waals surface area (Å²) in [4.78, 5) is 10.5. The van der Waals surface area contributed by atoms with Gasteiger partial charge in [0.1, 0.15) is 6.61 Å². The van der Waals surface area contributed by atoms with Crippen molar-refractivity contribution in [1.29, 1.82) is 0 Å². The van der Waals surface area contributed by atoms with E-state index in [0.717, 1.165) is 12.8 Å². The van der Waals surface area contributed by atoms with Crippen LogP contribution in [-0.2, 0) is 19.0 Å². The molecule has 0 aromatic heterocycles. The second-order valence-electron chi connectivity index (χ2n) is 2.91. The zero-order chi connectivity index (χ0) is 10.8. The molecule has 0 saturated carbocycles. The van der Waals surface area contributed by atoms with Crippen LogP contribution in [-0.4, -0.2) is 32.1 Å². The molecule has 0 spiro atoms. The number of esters is 1. The summed E-state index contributed by atoms with van der Waals surface area (Å²) in [7, 11) is 0. The van der Waals surface area contributed by atoms with Gasteiger partial charge in [0, 0.05) is 20.1 Å². The van der Waals surface area contributed by atoms with Crippen molar-refractivity contribution in [3.05, 3.63) is 0 Å². The molecule has 0 fully saturated rings. The van der Waals surface area contributed by atoms with E-state index in [1.54, 1.807) is 0 Å². The predicted octanol–water partition coefficient (Wildman–Crippen LogP) is 1.73. The van der Waals surface area contributed by atoms with Crippen LogP contribution in [0, 0.1) is 0 Å². The molecule has 0 saturated heterocycles. The summed E-state index contributed by atoms with van der Waals surface area (Å²) < 4.78 is 15.4. The molecule has 0 heterocycles. The molecule has 14 heavy (non-hydrogen) atoms. The smallest absolute Gasteiger partial charge is 0.302 e. The van der Waals surface area contributed by atoms with E-state index in [1.165, 1.54) is 6.92 Å². The van der Waals surface area contributed by atoms with E-state index >= 15 is 0 Å². The Morgan fingerprint density at radius 1 is 1.29 bits per heavy atom. The number of carbonyl (C=O) groups is 1. The van der Waals surface area contributed by atoms with Gasteiger partial charge in [0.05, 0.1) is 0 Å². The first-order valence-electron chi connectivity index (χ1n) is 5.07. The van der Waals surface area contributed by atoms with Crippen LogP contribution in [0.15, 0.2) is 0 Å². The summed E-state index contributed by atoms with van der Waals surface area (Å²) in [6.07, 6.45) is 1.64. The molecule has 84 valence electrons. The van der Waals surface area contributed by atoms with Gasteiger partial charge in [-0.25, -0.2) is 0 Å². The Kier molecular flexibility index (Phi) is 8.57. The third kappa shape index (κ3) is 8.01. The monoisotopic (exact) mass is 204 g/mol. The number of hydrogen-bond acceptors (Lipinski definition) is 4. The van der Waals surface area contributed by atoms with Gasteiger partial charge in [-0.05, 0) is 13.3 Å². The Bertz CT molecular complexity index is 147. The standard InChI is InChI=1S/C10H20O4/c1-4-6-7-13-10(12-5-2)8-14-9(3)11/h10H,4-8H2,1-3H3. The van der Waals surface area contributed by atoms with Gasteiger partial charge in [-0.15, -0.1) is 0 Å². The minimum absolute atomic E-state index is 0.173. The van der Waals surface area contributed by atoms with E-state index in [4.69, 9.17) is 14.2 Å². The van der Waals surface area contributed by atoms with Crippen molar-refractivity contribution >= 4 is 5.97 Å². The van der Waals surface area contributed by atoms with Crippen LogP contribution >= 0.6 is 0 Å². The highest BCUT2D eigenvalue weighted by molar-refractivity contribution is 5.65. The van der Waals surface area contributed by atoms with Gasteiger partial charge >= 0.3 is 5.97 Å². The van der Waals surface area contributed by atoms with Gasteiger partial charge in [0.2, 0.25) is 0 Å². The lowest BCUT2D eigenvalue weighted by Gasteiger charge is -2.16. The van der Waals surface area contributed by atoms with Crippen LogP contribution in [0.2, 0.25) is 0 Å². The maximum absolute atomic E-state index is 10.5. The van der Waals surface area contributed by atoms with Crippen molar-refractivity contribution in [2.24, 2.45) is 0 Å². The molecule has 0 aliphatic heterocycles. The summed E-state index contributed by atoms with van der Waals surface area (Å²) in [6.45, 7) is 6.71. The number of rotatable bonds is 8. The van der Waals surface area contributed by atoms with Crippen molar-refractivity contribution in [3.63, 3.8) is 0 Å². The molecule has 0 radical (unpaired) electrons. The molecular weight excluding hydrogens is 184 g/mol. The van der Waals surface area contributed by atoms with Crippen LogP contribution < -0.4 is 0 Å². The first kappa shape index (κ1) is 13.4. The molecule has 4 nitrogen and oxygen atoms in total. The summed E-state index contributed by atoms with van der Waals surface area (Å²) in [5.74, 6) is -0.311. The Morgan fingerprint density at radius 2 is 2.00 bits per heavy atom. The fraction of sp³-hybridized carbons (Fsp3) is 0.900. The topological polar surface area (TPSA) is 44.8 Å². The zero-order valence-electron chi connectivity index (χ0n) is 9.25. The van der Waals surface area contributed by atoms with Crippen molar-refractivity contribution in [2.75, 3.05) is 19.8 Å². The molecule has 0 bridgehead atoms. The van der Waals surface area contributed by atoms with E-state index < -0.39 is 6.29 Å². The first-order valence-corrected chi connectivity index (χ1v) is 5.07. The van der Waals surface area contributed by atoms with Gasteiger partial charge in [-0.2, -0.15) is 0 Å². The average Bonchev–Trinajstić information content (AvgIpc) is 2.14. The number of carbonyl (C=O) groups excluding carboxylic acids is 1. The van der Waals surface area contributed by atoms with Crippen LogP contribution in [0.4, 0.5) is 0 Å². The molecule has 4 heteroatoms. The van der Waals surface area contributed by atoms with Crippen molar-refractivity contribution < 1.29 is 19.0 Å². The lowest BCUT2D eigenvalue weighted by Crippen LogP contribution is -2.25. The first-order chi connectivity index (χ1) is 6.70. The highest BCUT2D eigenvalue weighted by Gasteiger charge is 2.09. The molecule has 0 aromatic rings. The molecule has 0 aliphatic carbocycles. The molecule has 0 amide bonds. The van der Waals surface area contributed by atoms with Gasteiger partial charge in [-0.3, -0.25) is 4.79 Å². The van der Waals surface area contributed by atoms with E-state index in [1.807, 2.05) is 6.92 Å². The van der Waals surface area contributed by atoms with Crippen LogP contribution in [0.5, 0.6) is 0 Å². The molecule has 0 N–H and O–H groups in total. The van der Waals surface area contributed by atoms with Crippen molar-refractivity contribution in [3.8, 4) is 0 Å². The van der Waals surface area contributed by atoms with E-state index in [2.05, 4.69) is 6.92 Å². The fourth-order valence-corrected chi connectivity index (χ4v) is 0.875. The van der Waals surface area contributed by atoms with E-state index in [0.29, 0.717) is 13.2 Å². The lowest BCUT2D eigenvalue weighted by molar-refractivity contribution is -0.180. The van der Waals surface area contributed by atoms with Gasteiger partial charge in [-0.1, -0.05) is 13.3 Å². The summed E-state index contributed by atoms with van der Waals surface area (Å²) >= 11 is 0. The largest absolute Gasteiger partial charge is 0.460 e.